The number of anilines is 1. The molecule has 0 bridgehead atoms. The Labute approximate surface area is 99.6 Å². The molecule has 0 unspecified atom stereocenters. The highest BCUT2D eigenvalue weighted by Crippen LogP contribution is 2.09. The maximum atomic E-state index is 11.4. The molecular weight excluding hydrogens is 220 g/mol. The number of carbonyl (C=O) groups is 1. The minimum Gasteiger partial charge on any atom is -0.383 e. The van der Waals surface area contributed by atoms with E-state index in [0.717, 1.165) is 0 Å². The number of nitriles is 1. The molecule has 0 aliphatic carbocycles. The second-order valence-electron chi connectivity index (χ2n) is 3.21. The van der Waals surface area contributed by atoms with Crippen molar-refractivity contribution in [3.8, 4) is 6.07 Å². The molecule has 0 saturated heterocycles. The van der Waals surface area contributed by atoms with Gasteiger partial charge in [-0.25, -0.2) is 4.98 Å². The molecule has 0 saturated carbocycles. The monoisotopic (exact) mass is 234 g/mol. The smallest absolute Gasteiger partial charge is 0.239 e. The van der Waals surface area contributed by atoms with Gasteiger partial charge in [-0.3, -0.25) is 4.79 Å². The van der Waals surface area contributed by atoms with Gasteiger partial charge in [-0.2, -0.15) is 5.26 Å². The van der Waals surface area contributed by atoms with E-state index in [2.05, 4.69) is 15.6 Å². The third kappa shape index (κ3) is 4.49. The predicted octanol–water partition coefficient (Wildman–Crippen LogP) is 0.128. The van der Waals surface area contributed by atoms with Crippen LogP contribution in [0.2, 0.25) is 0 Å². The van der Waals surface area contributed by atoms with Crippen molar-refractivity contribution in [2.75, 3.05) is 32.1 Å². The Morgan fingerprint density at radius 1 is 1.65 bits per heavy atom. The van der Waals surface area contributed by atoms with Crippen LogP contribution in [0.25, 0.3) is 0 Å². The van der Waals surface area contributed by atoms with Crippen LogP contribution >= 0.6 is 0 Å². The maximum Gasteiger partial charge on any atom is 0.239 e. The first kappa shape index (κ1) is 12.9. The summed E-state index contributed by atoms with van der Waals surface area (Å²) >= 11 is 0. The summed E-state index contributed by atoms with van der Waals surface area (Å²) in [6.07, 6.45) is 1.53. The molecule has 1 aromatic rings. The van der Waals surface area contributed by atoms with Gasteiger partial charge in [0.05, 0.1) is 18.8 Å². The van der Waals surface area contributed by atoms with Gasteiger partial charge < -0.3 is 15.4 Å². The lowest BCUT2D eigenvalue weighted by atomic mass is 10.3. The van der Waals surface area contributed by atoms with Gasteiger partial charge in [0.2, 0.25) is 5.91 Å². The van der Waals surface area contributed by atoms with Crippen molar-refractivity contribution in [2.24, 2.45) is 0 Å². The first-order chi connectivity index (χ1) is 8.27. The number of ether oxygens (including phenoxy) is 1. The van der Waals surface area contributed by atoms with Crippen LogP contribution in [0.15, 0.2) is 18.3 Å². The lowest BCUT2D eigenvalue weighted by Gasteiger charge is -2.07. The second kappa shape index (κ2) is 7.19. The fourth-order valence-corrected chi connectivity index (χ4v) is 1.17. The van der Waals surface area contributed by atoms with E-state index in [0.29, 0.717) is 18.8 Å². The second-order valence-corrected chi connectivity index (χ2v) is 3.21. The molecule has 2 N–H and O–H groups in total. The van der Waals surface area contributed by atoms with E-state index in [1.54, 1.807) is 19.2 Å². The summed E-state index contributed by atoms with van der Waals surface area (Å²) in [6.45, 7) is 1.04. The molecule has 1 rings (SSSR count). The molecule has 1 amide bonds. The van der Waals surface area contributed by atoms with Crippen molar-refractivity contribution in [1.82, 2.24) is 10.3 Å². The zero-order chi connectivity index (χ0) is 12.5. The summed E-state index contributed by atoms with van der Waals surface area (Å²) in [7, 11) is 1.57. The number of hydrogen-bond donors (Lipinski definition) is 2. The van der Waals surface area contributed by atoms with Crippen LogP contribution in [-0.4, -0.2) is 37.7 Å². The molecule has 90 valence electrons. The number of carbonyl (C=O) groups excluding carboxylic acids is 1. The Bertz CT molecular complexity index is 414. The first-order valence-corrected chi connectivity index (χ1v) is 5.12. The standard InChI is InChI=1S/C11H14N4O2/c1-17-6-5-14-11(16)8-15-9-3-2-4-13-10(9)7-12/h2-4,15H,5-6,8H2,1H3,(H,14,16). The molecule has 0 aliphatic heterocycles. The topological polar surface area (TPSA) is 87.0 Å². The van der Waals surface area contributed by atoms with E-state index < -0.39 is 0 Å². The van der Waals surface area contributed by atoms with Gasteiger partial charge in [-0.15, -0.1) is 0 Å². The fourth-order valence-electron chi connectivity index (χ4n) is 1.17. The zero-order valence-corrected chi connectivity index (χ0v) is 9.56. The minimum absolute atomic E-state index is 0.101. The number of pyridine rings is 1. The largest absolute Gasteiger partial charge is 0.383 e. The Morgan fingerprint density at radius 3 is 3.18 bits per heavy atom. The van der Waals surface area contributed by atoms with Crippen LogP contribution in [0.4, 0.5) is 5.69 Å². The average molecular weight is 234 g/mol. The van der Waals surface area contributed by atoms with Gasteiger partial charge in [0.25, 0.3) is 0 Å². The summed E-state index contributed by atoms with van der Waals surface area (Å²) < 4.78 is 4.80. The highest BCUT2D eigenvalue weighted by Gasteiger charge is 2.04. The SMILES string of the molecule is COCCNC(=O)CNc1cccnc1C#N. The van der Waals surface area contributed by atoms with Crippen LogP contribution in [0.3, 0.4) is 0 Å². The van der Waals surface area contributed by atoms with Gasteiger partial charge in [0, 0.05) is 19.9 Å². The number of rotatable bonds is 6. The van der Waals surface area contributed by atoms with Crippen LogP contribution in [0, 0.1) is 11.3 Å². The molecule has 1 aromatic heterocycles. The van der Waals surface area contributed by atoms with Crippen LogP contribution in [-0.2, 0) is 9.53 Å². The van der Waals surface area contributed by atoms with Crippen molar-refractivity contribution in [3.05, 3.63) is 24.0 Å². The van der Waals surface area contributed by atoms with E-state index in [-0.39, 0.29) is 18.1 Å². The van der Waals surface area contributed by atoms with Gasteiger partial charge >= 0.3 is 0 Å². The van der Waals surface area contributed by atoms with E-state index in [1.807, 2.05) is 6.07 Å². The van der Waals surface area contributed by atoms with Crippen LogP contribution < -0.4 is 10.6 Å². The van der Waals surface area contributed by atoms with Crippen molar-refractivity contribution >= 4 is 11.6 Å². The summed E-state index contributed by atoms with van der Waals surface area (Å²) in [4.78, 5) is 15.2. The van der Waals surface area contributed by atoms with Crippen LogP contribution in [0.1, 0.15) is 5.69 Å². The van der Waals surface area contributed by atoms with Gasteiger partial charge in [-0.1, -0.05) is 0 Å². The first-order valence-electron chi connectivity index (χ1n) is 5.12. The molecule has 6 nitrogen and oxygen atoms in total. The van der Waals surface area contributed by atoms with Crippen molar-refractivity contribution in [1.29, 1.82) is 5.26 Å². The number of nitrogens with zero attached hydrogens (tertiary/aromatic N) is 2. The van der Waals surface area contributed by atoms with E-state index in [4.69, 9.17) is 10.00 Å². The van der Waals surface area contributed by atoms with Crippen LogP contribution in [0.5, 0.6) is 0 Å². The summed E-state index contributed by atoms with van der Waals surface area (Å²) in [5.41, 5.74) is 0.828. The van der Waals surface area contributed by atoms with E-state index in [1.165, 1.54) is 6.20 Å². The quantitative estimate of drug-likeness (QED) is 0.683. The normalized spacial score (nSPS) is 9.41. The molecule has 17 heavy (non-hydrogen) atoms. The third-order valence-corrected chi connectivity index (χ3v) is 1.98. The van der Waals surface area contributed by atoms with Crippen molar-refractivity contribution < 1.29 is 9.53 Å². The van der Waals surface area contributed by atoms with E-state index in [9.17, 15) is 4.79 Å². The Kier molecular flexibility index (Phi) is 5.47. The summed E-state index contributed by atoms with van der Waals surface area (Å²) in [5, 5.41) is 14.3. The average Bonchev–Trinajstić information content (AvgIpc) is 2.37. The summed E-state index contributed by atoms with van der Waals surface area (Å²) in [5.74, 6) is -0.158. The molecule has 0 spiro atoms. The highest BCUT2D eigenvalue weighted by molar-refractivity contribution is 5.81. The van der Waals surface area contributed by atoms with Crippen molar-refractivity contribution in [2.45, 2.75) is 0 Å². The third-order valence-electron chi connectivity index (χ3n) is 1.98. The Balaban J connectivity index is 2.40. The minimum atomic E-state index is -0.158. The molecule has 0 atom stereocenters. The molecule has 0 fully saturated rings. The fraction of sp³-hybridized carbons (Fsp3) is 0.364. The molecule has 1 heterocycles. The van der Waals surface area contributed by atoms with Gasteiger partial charge in [0.15, 0.2) is 5.69 Å². The Morgan fingerprint density at radius 2 is 2.47 bits per heavy atom. The summed E-state index contributed by atoms with van der Waals surface area (Å²) in [6, 6.07) is 5.35. The molecule has 6 heteroatoms. The van der Waals surface area contributed by atoms with Crippen molar-refractivity contribution in [3.63, 3.8) is 0 Å². The molecule has 0 aliphatic rings. The zero-order valence-electron chi connectivity index (χ0n) is 9.56. The number of hydrogen-bond acceptors (Lipinski definition) is 5. The molecule has 0 radical (unpaired) electrons. The number of nitrogens with one attached hydrogen (secondary N) is 2. The van der Waals surface area contributed by atoms with E-state index >= 15 is 0 Å². The highest BCUT2D eigenvalue weighted by atomic mass is 16.5. The molecule has 0 aromatic carbocycles. The molecular formula is C11H14N4O2. The lowest BCUT2D eigenvalue weighted by Crippen LogP contribution is -2.32. The van der Waals surface area contributed by atoms with Gasteiger partial charge in [-0.05, 0) is 12.1 Å². The lowest BCUT2D eigenvalue weighted by molar-refractivity contribution is -0.119. The van der Waals surface area contributed by atoms with Gasteiger partial charge in [0.1, 0.15) is 6.07 Å². The number of amides is 1. The maximum absolute atomic E-state index is 11.4. The Hall–Kier alpha value is -2.13. The predicted molar refractivity (Wildman–Crippen MR) is 62.3 cm³/mol. The number of aromatic nitrogens is 1. The number of methoxy groups -OCH3 is 1.